The van der Waals surface area contributed by atoms with Crippen LogP contribution in [-0.2, 0) is 17.6 Å². The van der Waals surface area contributed by atoms with Crippen molar-refractivity contribution in [2.24, 2.45) is 0 Å². The van der Waals surface area contributed by atoms with E-state index in [2.05, 4.69) is 57.0 Å². The summed E-state index contributed by atoms with van der Waals surface area (Å²) in [6, 6.07) is 16.1. The van der Waals surface area contributed by atoms with Gasteiger partial charge in [-0.1, -0.05) is 49.7 Å². The highest BCUT2D eigenvalue weighted by Gasteiger charge is 2.13. The van der Waals surface area contributed by atoms with Crippen molar-refractivity contribution in [3.63, 3.8) is 0 Å². The Kier molecular flexibility index (Phi) is 5.94. The number of aryl methyl sites for hydroxylation is 2. The van der Waals surface area contributed by atoms with Crippen LogP contribution >= 0.6 is 11.3 Å². The molecule has 0 spiro atoms. The van der Waals surface area contributed by atoms with E-state index >= 15 is 0 Å². The summed E-state index contributed by atoms with van der Waals surface area (Å²) in [4.78, 5) is 18.2. The highest BCUT2D eigenvalue weighted by Crippen LogP contribution is 2.30. The Bertz CT molecular complexity index is 1120. The highest BCUT2D eigenvalue weighted by atomic mass is 32.1. The molecule has 2 aromatic carbocycles. The number of carbonyl (C=O) groups excluding carboxylic acids is 1. The van der Waals surface area contributed by atoms with Crippen molar-refractivity contribution in [1.82, 2.24) is 25.2 Å². The average molecular weight is 419 g/mol. The van der Waals surface area contributed by atoms with Crippen molar-refractivity contribution in [3.05, 3.63) is 70.9 Å². The molecule has 0 radical (unpaired) electrons. The zero-order chi connectivity index (χ0) is 20.9. The van der Waals surface area contributed by atoms with Gasteiger partial charge >= 0.3 is 0 Å². The van der Waals surface area contributed by atoms with Gasteiger partial charge in [-0.25, -0.2) is 9.67 Å². The quantitative estimate of drug-likeness (QED) is 0.485. The van der Waals surface area contributed by atoms with Crippen molar-refractivity contribution in [1.29, 1.82) is 0 Å². The first-order valence-corrected chi connectivity index (χ1v) is 10.6. The highest BCUT2D eigenvalue weighted by molar-refractivity contribution is 7.16. The number of amides is 1. The number of carbonyl (C=O) groups is 1. The molecule has 4 aromatic rings. The predicted molar refractivity (Wildman–Crippen MR) is 118 cm³/mol. The first-order chi connectivity index (χ1) is 14.6. The molecule has 8 heteroatoms. The van der Waals surface area contributed by atoms with Crippen LogP contribution in [0.1, 0.15) is 29.3 Å². The SMILES string of the molecule is CCCc1ccc(-c2nc(NC(=O)Cc3ccc(-n4cnnn4)cc3)sc2C)cc1. The third-order valence-corrected chi connectivity index (χ3v) is 5.61. The van der Waals surface area contributed by atoms with Crippen LogP contribution in [0.2, 0.25) is 0 Å². The van der Waals surface area contributed by atoms with Gasteiger partial charge in [0.2, 0.25) is 5.91 Å². The van der Waals surface area contributed by atoms with Crippen molar-refractivity contribution in [3.8, 4) is 16.9 Å². The topological polar surface area (TPSA) is 85.6 Å². The molecule has 1 N–H and O–H groups in total. The van der Waals surface area contributed by atoms with Gasteiger partial charge in [0.1, 0.15) is 6.33 Å². The fourth-order valence-electron chi connectivity index (χ4n) is 3.23. The van der Waals surface area contributed by atoms with Crippen LogP contribution in [0, 0.1) is 6.92 Å². The van der Waals surface area contributed by atoms with Crippen LogP contribution in [0.25, 0.3) is 16.9 Å². The summed E-state index contributed by atoms with van der Waals surface area (Å²) in [6.07, 6.45) is 4.01. The number of anilines is 1. The molecule has 152 valence electrons. The zero-order valence-electron chi connectivity index (χ0n) is 16.9. The van der Waals surface area contributed by atoms with Crippen molar-refractivity contribution in [2.45, 2.75) is 33.1 Å². The molecule has 2 heterocycles. The Balaban J connectivity index is 1.40. The summed E-state index contributed by atoms with van der Waals surface area (Å²) in [7, 11) is 0. The molecule has 7 nitrogen and oxygen atoms in total. The molecule has 0 fully saturated rings. The Morgan fingerprint density at radius 1 is 1.07 bits per heavy atom. The minimum atomic E-state index is -0.0937. The van der Waals surface area contributed by atoms with E-state index in [1.165, 1.54) is 23.2 Å². The van der Waals surface area contributed by atoms with E-state index < -0.39 is 0 Å². The van der Waals surface area contributed by atoms with Gasteiger partial charge in [0, 0.05) is 10.4 Å². The molecule has 4 rings (SSSR count). The molecular weight excluding hydrogens is 396 g/mol. The third kappa shape index (κ3) is 4.60. The van der Waals surface area contributed by atoms with E-state index in [4.69, 9.17) is 0 Å². The predicted octanol–water partition coefficient (Wildman–Crippen LogP) is 4.23. The average Bonchev–Trinajstić information content (AvgIpc) is 3.39. The summed E-state index contributed by atoms with van der Waals surface area (Å²) < 4.78 is 1.57. The fraction of sp³-hybridized carbons (Fsp3) is 0.227. The van der Waals surface area contributed by atoms with Gasteiger partial charge in [0.05, 0.1) is 17.8 Å². The van der Waals surface area contributed by atoms with Crippen LogP contribution in [0.3, 0.4) is 0 Å². The number of nitrogens with zero attached hydrogens (tertiary/aromatic N) is 5. The van der Waals surface area contributed by atoms with Gasteiger partial charge in [-0.15, -0.1) is 16.4 Å². The summed E-state index contributed by atoms with van der Waals surface area (Å²) in [5.41, 5.74) is 5.07. The maximum Gasteiger partial charge on any atom is 0.230 e. The van der Waals surface area contributed by atoms with Crippen molar-refractivity contribution >= 4 is 22.4 Å². The minimum absolute atomic E-state index is 0.0937. The van der Waals surface area contributed by atoms with Gasteiger partial charge < -0.3 is 5.32 Å². The second-order valence-corrected chi connectivity index (χ2v) is 8.22. The lowest BCUT2D eigenvalue weighted by atomic mass is 10.1. The molecule has 0 unspecified atom stereocenters. The molecule has 0 aliphatic rings. The van der Waals surface area contributed by atoms with Crippen molar-refractivity contribution < 1.29 is 4.79 Å². The number of nitrogens with one attached hydrogen (secondary N) is 1. The normalized spacial score (nSPS) is 10.9. The molecule has 0 saturated carbocycles. The minimum Gasteiger partial charge on any atom is -0.302 e. The maximum atomic E-state index is 12.5. The number of hydrogen-bond donors (Lipinski definition) is 1. The van der Waals surface area contributed by atoms with Gasteiger partial charge in [-0.3, -0.25) is 4.79 Å². The number of aromatic nitrogens is 5. The Morgan fingerprint density at radius 3 is 2.47 bits per heavy atom. The van der Waals surface area contributed by atoms with Gasteiger partial charge in [0.15, 0.2) is 5.13 Å². The lowest BCUT2D eigenvalue weighted by molar-refractivity contribution is -0.115. The second kappa shape index (κ2) is 8.96. The summed E-state index contributed by atoms with van der Waals surface area (Å²) in [6.45, 7) is 4.20. The first-order valence-electron chi connectivity index (χ1n) is 9.81. The van der Waals surface area contributed by atoms with Crippen LogP contribution in [0.5, 0.6) is 0 Å². The summed E-state index contributed by atoms with van der Waals surface area (Å²) in [5.74, 6) is -0.0937. The molecule has 0 aliphatic heterocycles. The Morgan fingerprint density at radius 2 is 1.80 bits per heavy atom. The molecule has 0 aliphatic carbocycles. The van der Waals surface area contributed by atoms with E-state index in [-0.39, 0.29) is 12.3 Å². The van der Waals surface area contributed by atoms with E-state index in [0.29, 0.717) is 5.13 Å². The monoisotopic (exact) mass is 418 g/mol. The summed E-state index contributed by atoms with van der Waals surface area (Å²) in [5, 5.41) is 14.6. The number of benzene rings is 2. The Labute approximate surface area is 178 Å². The fourth-order valence-corrected chi connectivity index (χ4v) is 4.08. The van der Waals surface area contributed by atoms with E-state index in [9.17, 15) is 4.79 Å². The second-order valence-electron chi connectivity index (χ2n) is 7.02. The standard InChI is InChI=1S/C22H22N6OS/c1-3-4-16-5-9-18(10-6-16)21-15(2)30-22(25-21)24-20(29)13-17-7-11-19(12-8-17)28-14-23-26-27-28/h5-12,14H,3-4,13H2,1-2H3,(H,24,25,29). The van der Waals surface area contributed by atoms with Crippen LogP contribution in [0.4, 0.5) is 5.13 Å². The molecule has 0 atom stereocenters. The van der Waals surface area contributed by atoms with E-state index in [0.717, 1.165) is 40.2 Å². The van der Waals surface area contributed by atoms with Gasteiger partial charge in [-0.2, -0.15) is 0 Å². The van der Waals surface area contributed by atoms with Crippen LogP contribution in [0.15, 0.2) is 54.9 Å². The maximum absolute atomic E-state index is 12.5. The summed E-state index contributed by atoms with van der Waals surface area (Å²) >= 11 is 1.49. The molecule has 1 amide bonds. The zero-order valence-corrected chi connectivity index (χ0v) is 17.7. The largest absolute Gasteiger partial charge is 0.302 e. The number of hydrogen-bond acceptors (Lipinski definition) is 6. The number of tetrazole rings is 1. The van der Waals surface area contributed by atoms with E-state index in [1.807, 2.05) is 31.2 Å². The lowest BCUT2D eigenvalue weighted by Crippen LogP contribution is -2.14. The Hall–Kier alpha value is -3.39. The first kappa shape index (κ1) is 19.9. The molecule has 0 saturated heterocycles. The molecule has 30 heavy (non-hydrogen) atoms. The molecule has 0 bridgehead atoms. The smallest absolute Gasteiger partial charge is 0.230 e. The van der Waals surface area contributed by atoms with Gasteiger partial charge in [-0.05, 0) is 47.0 Å². The lowest BCUT2D eigenvalue weighted by Gasteiger charge is -2.04. The number of thiazole rings is 1. The number of rotatable bonds is 7. The van der Waals surface area contributed by atoms with Crippen LogP contribution < -0.4 is 5.32 Å². The van der Waals surface area contributed by atoms with E-state index in [1.54, 1.807) is 4.68 Å². The van der Waals surface area contributed by atoms with Crippen molar-refractivity contribution in [2.75, 3.05) is 5.32 Å². The van der Waals surface area contributed by atoms with Crippen LogP contribution in [-0.4, -0.2) is 31.1 Å². The molecule has 2 aromatic heterocycles. The molecular formula is C22H22N6OS. The third-order valence-electron chi connectivity index (χ3n) is 4.72. The van der Waals surface area contributed by atoms with Gasteiger partial charge in [0.25, 0.3) is 0 Å².